The number of hydrogen-bond donors (Lipinski definition) is 2. The molecule has 0 spiro atoms. The maximum absolute atomic E-state index is 13.4. The van der Waals surface area contributed by atoms with Gasteiger partial charge in [0.15, 0.2) is 11.5 Å². The lowest BCUT2D eigenvalue weighted by atomic mass is 10.2. The third-order valence-electron chi connectivity index (χ3n) is 2.77. The summed E-state index contributed by atoms with van der Waals surface area (Å²) in [6.07, 6.45) is 0. The molecule has 0 saturated heterocycles. The van der Waals surface area contributed by atoms with Crippen molar-refractivity contribution in [3.63, 3.8) is 0 Å². The van der Waals surface area contributed by atoms with Crippen molar-refractivity contribution < 1.29 is 19.1 Å². The molecule has 7 heteroatoms. The average Bonchev–Trinajstić information content (AvgIpc) is 2.90. The van der Waals surface area contributed by atoms with E-state index in [2.05, 4.69) is 26.1 Å². The Balaban J connectivity index is 2.01. The second-order valence-corrected chi connectivity index (χ2v) is 5.20. The Kier molecular flexibility index (Phi) is 3.34. The zero-order valence-electron chi connectivity index (χ0n) is 10.4. The first-order valence-electron chi connectivity index (χ1n) is 5.85. The molecule has 0 radical (unpaired) electrons. The number of hydrogen-bond acceptors (Lipinski definition) is 5. The van der Waals surface area contributed by atoms with E-state index in [4.69, 9.17) is 4.52 Å². The molecular weight excluding hydrogens is 343 g/mol. The van der Waals surface area contributed by atoms with Crippen LogP contribution in [-0.4, -0.2) is 20.4 Å². The standard InChI is InChI=1S/C14H8BrFN2O3/c15-9-3-8(4-10(16)6-9)13-17-14(21-18-13)7-1-2-11(19)12(20)5-7/h1-6,19-20H. The number of aromatic nitrogens is 2. The normalized spacial score (nSPS) is 10.8. The minimum Gasteiger partial charge on any atom is -0.504 e. The quantitative estimate of drug-likeness (QED) is 0.688. The lowest BCUT2D eigenvalue weighted by Crippen LogP contribution is -1.84. The predicted octanol–water partition coefficient (Wildman–Crippen LogP) is 3.72. The molecule has 3 aromatic rings. The molecule has 106 valence electrons. The Morgan fingerprint density at radius 3 is 2.52 bits per heavy atom. The van der Waals surface area contributed by atoms with E-state index < -0.39 is 5.82 Å². The van der Waals surface area contributed by atoms with Crippen LogP contribution in [0.4, 0.5) is 4.39 Å². The van der Waals surface area contributed by atoms with Crippen molar-refractivity contribution in [2.75, 3.05) is 0 Å². The minimum absolute atomic E-state index is 0.153. The summed E-state index contributed by atoms with van der Waals surface area (Å²) >= 11 is 3.19. The zero-order valence-corrected chi connectivity index (χ0v) is 12.0. The van der Waals surface area contributed by atoms with Crippen LogP contribution in [-0.2, 0) is 0 Å². The van der Waals surface area contributed by atoms with Gasteiger partial charge in [0.2, 0.25) is 5.82 Å². The van der Waals surface area contributed by atoms with Gasteiger partial charge in [-0.2, -0.15) is 4.98 Å². The summed E-state index contributed by atoms with van der Waals surface area (Å²) < 4.78 is 19.0. The highest BCUT2D eigenvalue weighted by Crippen LogP contribution is 2.31. The molecule has 0 atom stereocenters. The Labute approximate surface area is 126 Å². The molecule has 3 rings (SSSR count). The molecule has 21 heavy (non-hydrogen) atoms. The first-order valence-corrected chi connectivity index (χ1v) is 6.65. The molecule has 0 aliphatic carbocycles. The molecular formula is C14H8BrFN2O3. The van der Waals surface area contributed by atoms with Gasteiger partial charge in [0, 0.05) is 15.6 Å². The van der Waals surface area contributed by atoms with Crippen LogP contribution in [0.15, 0.2) is 45.4 Å². The first-order chi connectivity index (χ1) is 10.0. The fraction of sp³-hybridized carbons (Fsp3) is 0. The second kappa shape index (κ2) is 5.17. The van der Waals surface area contributed by atoms with Crippen molar-refractivity contribution in [2.45, 2.75) is 0 Å². The topological polar surface area (TPSA) is 79.4 Å². The fourth-order valence-corrected chi connectivity index (χ4v) is 2.26. The van der Waals surface area contributed by atoms with E-state index in [9.17, 15) is 14.6 Å². The van der Waals surface area contributed by atoms with Gasteiger partial charge in [-0.25, -0.2) is 4.39 Å². The van der Waals surface area contributed by atoms with E-state index >= 15 is 0 Å². The van der Waals surface area contributed by atoms with Crippen molar-refractivity contribution in [3.05, 3.63) is 46.7 Å². The van der Waals surface area contributed by atoms with Crippen molar-refractivity contribution in [3.8, 4) is 34.3 Å². The second-order valence-electron chi connectivity index (χ2n) is 4.28. The number of nitrogens with zero attached hydrogens (tertiary/aromatic N) is 2. The summed E-state index contributed by atoms with van der Waals surface area (Å²) in [5.41, 5.74) is 0.902. The number of halogens is 2. The van der Waals surface area contributed by atoms with Crippen molar-refractivity contribution in [1.29, 1.82) is 0 Å². The maximum Gasteiger partial charge on any atom is 0.258 e. The molecule has 2 N–H and O–H groups in total. The van der Waals surface area contributed by atoms with Crippen LogP contribution in [0.1, 0.15) is 0 Å². The lowest BCUT2D eigenvalue weighted by molar-refractivity contribution is 0.402. The number of benzene rings is 2. The van der Waals surface area contributed by atoms with E-state index in [-0.39, 0.29) is 23.2 Å². The number of rotatable bonds is 2. The molecule has 1 heterocycles. The monoisotopic (exact) mass is 350 g/mol. The number of phenolic OH excluding ortho intramolecular Hbond substituents is 2. The van der Waals surface area contributed by atoms with Crippen LogP contribution in [0.5, 0.6) is 11.5 Å². The minimum atomic E-state index is -0.423. The van der Waals surface area contributed by atoms with Gasteiger partial charge in [-0.3, -0.25) is 0 Å². The van der Waals surface area contributed by atoms with Gasteiger partial charge >= 0.3 is 0 Å². The van der Waals surface area contributed by atoms with E-state index in [1.165, 1.54) is 30.3 Å². The van der Waals surface area contributed by atoms with Crippen LogP contribution >= 0.6 is 15.9 Å². The van der Waals surface area contributed by atoms with E-state index in [0.29, 0.717) is 15.6 Å². The first kappa shape index (κ1) is 13.6. The molecule has 1 aromatic heterocycles. The highest BCUT2D eigenvalue weighted by atomic mass is 79.9. The summed E-state index contributed by atoms with van der Waals surface area (Å²) in [6.45, 7) is 0. The van der Waals surface area contributed by atoms with Crippen LogP contribution in [0, 0.1) is 5.82 Å². The average molecular weight is 351 g/mol. The molecule has 0 amide bonds. The molecule has 0 saturated carbocycles. The summed E-state index contributed by atoms with van der Waals surface area (Å²) in [5.74, 6) is -0.584. The zero-order chi connectivity index (χ0) is 15.0. The largest absolute Gasteiger partial charge is 0.504 e. The predicted molar refractivity (Wildman–Crippen MR) is 76.2 cm³/mol. The molecule has 0 aliphatic rings. The molecule has 0 bridgehead atoms. The summed E-state index contributed by atoms with van der Waals surface area (Å²) in [5, 5.41) is 22.5. The van der Waals surface area contributed by atoms with Crippen LogP contribution < -0.4 is 0 Å². The lowest BCUT2D eigenvalue weighted by Gasteiger charge is -1.98. The van der Waals surface area contributed by atoms with Crippen LogP contribution in [0.2, 0.25) is 0 Å². The van der Waals surface area contributed by atoms with Gasteiger partial charge in [-0.05, 0) is 36.4 Å². The third-order valence-corrected chi connectivity index (χ3v) is 3.23. The third kappa shape index (κ3) is 2.73. The van der Waals surface area contributed by atoms with Crippen molar-refractivity contribution >= 4 is 15.9 Å². The molecule has 0 unspecified atom stereocenters. The van der Waals surface area contributed by atoms with Crippen molar-refractivity contribution in [1.82, 2.24) is 10.1 Å². The Morgan fingerprint density at radius 2 is 1.81 bits per heavy atom. The van der Waals surface area contributed by atoms with Gasteiger partial charge in [0.05, 0.1) is 0 Å². The summed E-state index contributed by atoms with van der Waals surface area (Å²) in [4.78, 5) is 4.15. The van der Waals surface area contributed by atoms with E-state index in [0.717, 1.165) is 0 Å². The SMILES string of the molecule is Oc1ccc(-c2nc(-c3cc(F)cc(Br)c3)no2)cc1O. The maximum atomic E-state index is 13.4. The van der Waals surface area contributed by atoms with Crippen molar-refractivity contribution in [2.24, 2.45) is 0 Å². The number of aromatic hydroxyl groups is 2. The molecule has 0 fully saturated rings. The van der Waals surface area contributed by atoms with Crippen LogP contribution in [0.3, 0.4) is 0 Å². The van der Waals surface area contributed by atoms with E-state index in [1.807, 2.05) is 0 Å². The summed E-state index contributed by atoms with van der Waals surface area (Å²) in [6, 6.07) is 8.40. The van der Waals surface area contributed by atoms with Gasteiger partial charge < -0.3 is 14.7 Å². The van der Waals surface area contributed by atoms with Gasteiger partial charge in [-0.1, -0.05) is 21.1 Å². The van der Waals surface area contributed by atoms with E-state index in [1.54, 1.807) is 6.07 Å². The van der Waals surface area contributed by atoms with Gasteiger partial charge in [0.25, 0.3) is 5.89 Å². The fourth-order valence-electron chi connectivity index (χ4n) is 1.80. The highest BCUT2D eigenvalue weighted by molar-refractivity contribution is 9.10. The Bertz CT molecular complexity index is 799. The molecule has 5 nitrogen and oxygen atoms in total. The summed E-state index contributed by atoms with van der Waals surface area (Å²) in [7, 11) is 0. The smallest absolute Gasteiger partial charge is 0.258 e. The number of phenols is 2. The van der Waals surface area contributed by atoms with Gasteiger partial charge in [-0.15, -0.1) is 0 Å². The van der Waals surface area contributed by atoms with Crippen LogP contribution in [0.25, 0.3) is 22.8 Å². The molecule has 2 aromatic carbocycles. The highest BCUT2D eigenvalue weighted by Gasteiger charge is 2.13. The molecule has 0 aliphatic heterocycles. The Morgan fingerprint density at radius 1 is 1.00 bits per heavy atom. The van der Waals surface area contributed by atoms with Gasteiger partial charge in [0.1, 0.15) is 5.82 Å². The Hall–Kier alpha value is -2.41.